The number of hydrogen-bond acceptors (Lipinski definition) is 4. The van der Waals surface area contributed by atoms with E-state index in [1.807, 2.05) is 0 Å². The standard InChI is InChI=1S/C16H27N3O/c1-3-18-8-10-19(11-9-18)16(12-17)15-7-5-4-6-14(15)13-20-2/h4-7,16H,3,8-13,17H2,1-2H3. The summed E-state index contributed by atoms with van der Waals surface area (Å²) in [5, 5.41) is 0. The zero-order chi connectivity index (χ0) is 14.4. The number of benzene rings is 1. The molecule has 0 saturated carbocycles. The minimum Gasteiger partial charge on any atom is -0.380 e. The van der Waals surface area contributed by atoms with Gasteiger partial charge in [-0.25, -0.2) is 0 Å². The number of nitrogens with zero attached hydrogens (tertiary/aromatic N) is 2. The molecule has 2 rings (SSSR count). The van der Waals surface area contributed by atoms with Gasteiger partial charge in [-0.1, -0.05) is 31.2 Å². The SMILES string of the molecule is CCN1CCN(C(CN)c2ccccc2COC)CC1. The minimum absolute atomic E-state index is 0.306. The first-order valence-corrected chi connectivity index (χ1v) is 7.53. The summed E-state index contributed by atoms with van der Waals surface area (Å²) in [6.07, 6.45) is 0. The summed E-state index contributed by atoms with van der Waals surface area (Å²) < 4.78 is 5.32. The Morgan fingerprint density at radius 3 is 2.50 bits per heavy atom. The van der Waals surface area contributed by atoms with Crippen LogP contribution in [-0.2, 0) is 11.3 Å². The van der Waals surface area contributed by atoms with Gasteiger partial charge in [0.25, 0.3) is 0 Å². The van der Waals surface area contributed by atoms with Crippen molar-refractivity contribution in [2.75, 3.05) is 46.4 Å². The van der Waals surface area contributed by atoms with Crippen LogP contribution in [0.15, 0.2) is 24.3 Å². The first-order chi connectivity index (χ1) is 9.80. The summed E-state index contributed by atoms with van der Waals surface area (Å²) >= 11 is 0. The Morgan fingerprint density at radius 1 is 1.20 bits per heavy atom. The van der Waals surface area contributed by atoms with Crippen LogP contribution in [0, 0.1) is 0 Å². The second-order valence-corrected chi connectivity index (χ2v) is 5.35. The van der Waals surface area contributed by atoms with E-state index in [1.54, 1.807) is 7.11 Å². The van der Waals surface area contributed by atoms with Crippen molar-refractivity contribution in [3.63, 3.8) is 0 Å². The van der Waals surface area contributed by atoms with Crippen LogP contribution in [0.5, 0.6) is 0 Å². The molecule has 1 aliphatic rings. The Labute approximate surface area is 122 Å². The van der Waals surface area contributed by atoms with Crippen molar-refractivity contribution >= 4 is 0 Å². The van der Waals surface area contributed by atoms with Gasteiger partial charge >= 0.3 is 0 Å². The largest absolute Gasteiger partial charge is 0.380 e. The van der Waals surface area contributed by atoms with Gasteiger partial charge in [-0.05, 0) is 17.7 Å². The summed E-state index contributed by atoms with van der Waals surface area (Å²) in [7, 11) is 1.74. The summed E-state index contributed by atoms with van der Waals surface area (Å²) in [4.78, 5) is 5.01. The second-order valence-electron chi connectivity index (χ2n) is 5.35. The van der Waals surface area contributed by atoms with Crippen LogP contribution in [0.3, 0.4) is 0 Å². The Morgan fingerprint density at radius 2 is 1.90 bits per heavy atom. The average molecular weight is 277 g/mol. The van der Waals surface area contributed by atoms with Crippen LogP contribution >= 0.6 is 0 Å². The minimum atomic E-state index is 0.306. The maximum atomic E-state index is 6.07. The molecule has 20 heavy (non-hydrogen) atoms. The topological polar surface area (TPSA) is 41.7 Å². The molecule has 1 unspecified atom stereocenters. The fourth-order valence-electron chi connectivity index (χ4n) is 3.01. The molecule has 0 aromatic heterocycles. The molecule has 112 valence electrons. The van der Waals surface area contributed by atoms with Gasteiger partial charge in [-0.3, -0.25) is 4.90 Å². The third-order valence-electron chi connectivity index (χ3n) is 4.23. The van der Waals surface area contributed by atoms with Crippen molar-refractivity contribution in [3.05, 3.63) is 35.4 Å². The molecule has 0 bridgehead atoms. The van der Waals surface area contributed by atoms with Gasteiger partial charge < -0.3 is 15.4 Å². The normalized spacial score (nSPS) is 19.1. The number of ether oxygens (including phenoxy) is 1. The van der Waals surface area contributed by atoms with E-state index >= 15 is 0 Å². The Kier molecular flexibility index (Phi) is 5.98. The molecule has 1 aliphatic heterocycles. The summed E-state index contributed by atoms with van der Waals surface area (Å²) in [5.41, 5.74) is 8.65. The van der Waals surface area contributed by atoms with E-state index in [4.69, 9.17) is 10.5 Å². The van der Waals surface area contributed by atoms with Gasteiger partial charge in [0.15, 0.2) is 0 Å². The van der Waals surface area contributed by atoms with Crippen molar-refractivity contribution < 1.29 is 4.74 Å². The number of nitrogens with two attached hydrogens (primary N) is 1. The van der Waals surface area contributed by atoms with Crippen LogP contribution in [0.25, 0.3) is 0 Å². The van der Waals surface area contributed by atoms with Gasteiger partial charge in [-0.2, -0.15) is 0 Å². The Hall–Kier alpha value is -0.940. The Balaban J connectivity index is 2.12. The zero-order valence-corrected chi connectivity index (χ0v) is 12.7. The number of methoxy groups -OCH3 is 1. The fourth-order valence-corrected chi connectivity index (χ4v) is 3.01. The first-order valence-electron chi connectivity index (χ1n) is 7.53. The first kappa shape index (κ1) is 15.4. The summed E-state index contributed by atoms with van der Waals surface area (Å²) in [5.74, 6) is 0. The summed E-state index contributed by atoms with van der Waals surface area (Å²) in [6.45, 7) is 9.15. The number of likely N-dealkylation sites (N-methyl/N-ethyl adjacent to an activating group) is 1. The Bertz CT molecular complexity index is 402. The van der Waals surface area contributed by atoms with Crippen LogP contribution in [0.2, 0.25) is 0 Å². The monoisotopic (exact) mass is 277 g/mol. The molecule has 0 radical (unpaired) electrons. The molecular weight excluding hydrogens is 250 g/mol. The molecular formula is C16H27N3O. The lowest BCUT2D eigenvalue weighted by Gasteiger charge is -2.39. The quantitative estimate of drug-likeness (QED) is 0.855. The lowest BCUT2D eigenvalue weighted by atomic mass is 9.98. The van der Waals surface area contributed by atoms with E-state index < -0.39 is 0 Å². The summed E-state index contributed by atoms with van der Waals surface area (Å²) in [6, 6.07) is 8.81. The average Bonchev–Trinajstić information content (AvgIpc) is 2.51. The van der Waals surface area contributed by atoms with E-state index in [-0.39, 0.29) is 0 Å². The predicted octanol–water partition coefficient (Wildman–Crippen LogP) is 1.47. The smallest absolute Gasteiger partial charge is 0.0716 e. The number of hydrogen-bond donors (Lipinski definition) is 1. The zero-order valence-electron chi connectivity index (χ0n) is 12.7. The molecule has 4 nitrogen and oxygen atoms in total. The molecule has 1 aromatic carbocycles. The third-order valence-corrected chi connectivity index (χ3v) is 4.23. The molecule has 1 saturated heterocycles. The van der Waals surface area contributed by atoms with Crippen molar-refractivity contribution in [3.8, 4) is 0 Å². The molecule has 0 aliphatic carbocycles. The molecule has 0 spiro atoms. The van der Waals surface area contributed by atoms with Crippen LogP contribution in [0.1, 0.15) is 24.1 Å². The van der Waals surface area contributed by atoms with E-state index in [9.17, 15) is 0 Å². The maximum Gasteiger partial charge on any atom is 0.0716 e. The lowest BCUT2D eigenvalue weighted by Crippen LogP contribution is -2.49. The maximum absolute atomic E-state index is 6.07. The highest BCUT2D eigenvalue weighted by atomic mass is 16.5. The van der Waals surface area contributed by atoms with Gasteiger partial charge in [0, 0.05) is 45.9 Å². The van der Waals surface area contributed by atoms with E-state index in [2.05, 4.69) is 41.0 Å². The van der Waals surface area contributed by atoms with Gasteiger partial charge in [0.05, 0.1) is 6.61 Å². The predicted molar refractivity (Wildman–Crippen MR) is 82.6 cm³/mol. The number of rotatable bonds is 6. The number of piperazine rings is 1. The lowest BCUT2D eigenvalue weighted by molar-refractivity contribution is 0.100. The van der Waals surface area contributed by atoms with E-state index in [0.717, 1.165) is 32.7 Å². The second kappa shape index (κ2) is 7.74. The molecule has 1 atom stereocenters. The molecule has 1 aromatic rings. The fraction of sp³-hybridized carbons (Fsp3) is 0.625. The van der Waals surface area contributed by atoms with Gasteiger partial charge in [-0.15, -0.1) is 0 Å². The van der Waals surface area contributed by atoms with Crippen LogP contribution in [-0.4, -0.2) is 56.2 Å². The van der Waals surface area contributed by atoms with E-state index in [0.29, 0.717) is 19.2 Å². The van der Waals surface area contributed by atoms with Gasteiger partial charge in [0.1, 0.15) is 0 Å². The van der Waals surface area contributed by atoms with Crippen molar-refractivity contribution in [1.29, 1.82) is 0 Å². The van der Waals surface area contributed by atoms with Crippen molar-refractivity contribution in [2.24, 2.45) is 5.73 Å². The van der Waals surface area contributed by atoms with Crippen LogP contribution < -0.4 is 5.73 Å². The van der Waals surface area contributed by atoms with Crippen LogP contribution in [0.4, 0.5) is 0 Å². The van der Waals surface area contributed by atoms with Crippen molar-refractivity contribution in [1.82, 2.24) is 9.80 Å². The molecule has 0 amide bonds. The highest BCUT2D eigenvalue weighted by Crippen LogP contribution is 2.25. The molecule has 1 fully saturated rings. The van der Waals surface area contributed by atoms with E-state index in [1.165, 1.54) is 11.1 Å². The molecule has 2 N–H and O–H groups in total. The highest BCUT2D eigenvalue weighted by molar-refractivity contribution is 5.30. The highest BCUT2D eigenvalue weighted by Gasteiger charge is 2.24. The third kappa shape index (κ3) is 3.58. The molecule has 4 heteroatoms. The molecule has 1 heterocycles. The van der Waals surface area contributed by atoms with Crippen molar-refractivity contribution in [2.45, 2.75) is 19.6 Å². The van der Waals surface area contributed by atoms with Gasteiger partial charge in [0.2, 0.25) is 0 Å².